The van der Waals surface area contributed by atoms with Gasteiger partial charge in [-0.15, -0.1) is 0 Å². The Labute approximate surface area is 160 Å². The second kappa shape index (κ2) is 6.65. The van der Waals surface area contributed by atoms with Gasteiger partial charge in [0.1, 0.15) is 0 Å². The molecule has 4 aliphatic rings. The van der Waals surface area contributed by atoms with Crippen molar-refractivity contribution >= 4 is 39.3 Å². The molecule has 26 heavy (non-hydrogen) atoms. The number of halogens is 1. The van der Waals surface area contributed by atoms with E-state index >= 15 is 0 Å². The third-order valence-corrected chi connectivity index (χ3v) is 6.74. The number of anilines is 1. The maximum absolute atomic E-state index is 12.7. The molecule has 1 aliphatic heterocycles. The first-order valence-corrected chi connectivity index (χ1v) is 9.84. The molecule has 3 amide bonds. The number of nitrogens with one attached hydrogen (secondary N) is 1. The van der Waals surface area contributed by atoms with Gasteiger partial charge in [0.15, 0.2) is 0 Å². The zero-order valence-electron chi connectivity index (χ0n) is 14.6. The maximum atomic E-state index is 12.7. The maximum Gasteiger partial charge on any atom is 0.233 e. The Morgan fingerprint density at radius 2 is 1.77 bits per heavy atom. The van der Waals surface area contributed by atoms with Crippen molar-refractivity contribution in [3.05, 3.63) is 40.4 Å². The molecule has 5 rings (SSSR count). The molecule has 1 heterocycles. The number of aryl methyl sites for hydroxylation is 1. The smallest absolute Gasteiger partial charge is 0.233 e. The molecule has 3 aliphatic carbocycles. The van der Waals surface area contributed by atoms with Gasteiger partial charge in [-0.05, 0) is 55.4 Å². The second-order valence-corrected chi connectivity index (χ2v) is 8.29. The van der Waals surface area contributed by atoms with E-state index in [-0.39, 0.29) is 54.4 Å². The van der Waals surface area contributed by atoms with E-state index in [1.165, 1.54) is 4.90 Å². The number of nitrogens with zero attached hydrogens (tertiary/aromatic N) is 1. The summed E-state index contributed by atoms with van der Waals surface area (Å²) in [6.07, 6.45) is 6.30. The van der Waals surface area contributed by atoms with Crippen LogP contribution < -0.4 is 5.32 Å². The number of hydrogen-bond donors (Lipinski definition) is 1. The van der Waals surface area contributed by atoms with E-state index < -0.39 is 0 Å². The Kier molecular flexibility index (Phi) is 4.47. The number of amides is 3. The highest BCUT2D eigenvalue weighted by molar-refractivity contribution is 9.10. The van der Waals surface area contributed by atoms with Gasteiger partial charge < -0.3 is 5.32 Å². The lowest BCUT2D eigenvalue weighted by Gasteiger charge is -2.38. The van der Waals surface area contributed by atoms with Gasteiger partial charge in [-0.25, -0.2) is 0 Å². The SMILES string of the molecule is Cc1cc(NC(=O)CCN2C(=O)C3C4C=CC(CC4)C3C2=O)ccc1Br. The summed E-state index contributed by atoms with van der Waals surface area (Å²) in [5.41, 5.74) is 1.74. The molecule has 0 spiro atoms. The summed E-state index contributed by atoms with van der Waals surface area (Å²) in [6.45, 7) is 2.11. The molecule has 5 nitrogen and oxygen atoms in total. The Morgan fingerprint density at radius 3 is 2.31 bits per heavy atom. The molecule has 1 saturated heterocycles. The van der Waals surface area contributed by atoms with Crippen LogP contribution in [0.25, 0.3) is 0 Å². The van der Waals surface area contributed by atoms with Crippen LogP contribution in [-0.4, -0.2) is 29.2 Å². The van der Waals surface area contributed by atoms with Gasteiger partial charge in [-0.1, -0.05) is 28.1 Å². The topological polar surface area (TPSA) is 66.5 Å². The van der Waals surface area contributed by atoms with Crippen LogP contribution in [-0.2, 0) is 14.4 Å². The zero-order valence-corrected chi connectivity index (χ0v) is 16.2. The molecule has 1 aromatic rings. The number of allylic oxidation sites excluding steroid dienone is 2. The largest absolute Gasteiger partial charge is 0.326 e. The van der Waals surface area contributed by atoms with Gasteiger partial charge in [0.2, 0.25) is 17.7 Å². The Balaban J connectivity index is 1.39. The van der Waals surface area contributed by atoms with E-state index in [0.717, 1.165) is 22.9 Å². The summed E-state index contributed by atoms with van der Waals surface area (Å²) in [6, 6.07) is 5.58. The van der Waals surface area contributed by atoms with Gasteiger partial charge >= 0.3 is 0 Å². The molecule has 4 unspecified atom stereocenters. The Morgan fingerprint density at radius 1 is 1.15 bits per heavy atom. The lowest BCUT2D eigenvalue weighted by atomic mass is 9.63. The summed E-state index contributed by atoms with van der Waals surface area (Å²) >= 11 is 3.43. The van der Waals surface area contributed by atoms with Crippen LogP contribution in [0.4, 0.5) is 5.69 Å². The fourth-order valence-corrected chi connectivity index (χ4v) is 4.76. The highest BCUT2D eigenvalue weighted by atomic mass is 79.9. The van der Waals surface area contributed by atoms with E-state index in [9.17, 15) is 14.4 Å². The summed E-state index contributed by atoms with van der Waals surface area (Å²) in [7, 11) is 0. The van der Waals surface area contributed by atoms with Crippen LogP contribution in [0.15, 0.2) is 34.8 Å². The molecule has 1 saturated carbocycles. The van der Waals surface area contributed by atoms with Crippen molar-refractivity contribution in [3.63, 3.8) is 0 Å². The molecular formula is C20H21BrN2O3. The highest BCUT2D eigenvalue weighted by Gasteiger charge is 2.56. The number of likely N-dealkylation sites (tertiary alicyclic amines) is 1. The molecule has 4 atom stereocenters. The number of imide groups is 1. The van der Waals surface area contributed by atoms with Crippen LogP contribution in [0, 0.1) is 30.6 Å². The van der Waals surface area contributed by atoms with Crippen molar-refractivity contribution in [2.75, 3.05) is 11.9 Å². The van der Waals surface area contributed by atoms with Crippen molar-refractivity contribution in [3.8, 4) is 0 Å². The predicted molar refractivity (Wildman–Crippen MR) is 101 cm³/mol. The number of carbonyl (C=O) groups excluding carboxylic acids is 3. The van der Waals surface area contributed by atoms with Crippen molar-refractivity contribution in [2.24, 2.45) is 23.7 Å². The molecule has 136 valence electrons. The van der Waals surface area contributed by atoms with Gasteiger partial charge in [0.25, 0.3) is 0 Å². The number of rotatable bonds is 4. The van der Waals surface area contributed by atoms with Crippen LogP contribution in [0.5, 0.6) is 0 Å². The number of hydrogen-bond acceptors (Lipinski definition) is 3. The minimum atomic E-state index is -0.205. The van der Waals surface area contributed by atoms with E-state index in [2.05, 4.69) is 33.4 Å². The summed E-state index contributed by atoms with van der Waals surface area (Å²) in [4.78, 5) is 39.0. The summed E-state index contributed by atoms with van der Waals surface area (Å²) in [5, 5.41) is 2.83. The lowest BCUT2D eigenvalue weighted by Crippen LogP contribution is -2.38. The fraction of sp³-hybridized carbons (Fsp3) is 0.450. The molecule has 2 fully saturated rings. The first kappa shape index (κ1) is 17.5. The van der Waals surface area contributed by atoms with Gasteiger partial charge in [-0.2, -0.15) is 0 Å². The van der Waals surface area contributed by atoms with Crippen molar-refractivity contribution < 1.29 is 14.4 Å². The van der Waals surface area contributed by atoms with E-state index in [1.54, 1.807) is 0 Å². The number of fused-ring (bicyclic) bond motifs is 1. The monoisotopic (exact) mass is 416 g/mol. The molecule has 6 heteroatoms. The van der Waals surface area contributed by atoms with Crippen LogP contribution >= 0.6 is 15.9 Å². The van der Waals surface area contributed by atoms with Crippen molar-refractivity contribution in [1.29, 1.82) is 0 Å². The summed E-state index contributed by atoms with van der Waals surface area (Å²) in [5.74, 6) is -0.412. The van der Waals surface area contributed by atoms with E-state index in [4.69, 9.17) is 0 Å². The van der Waals surface area contributed by atoms with Crippen LogP contribution in [0.3, 0.4) is 0 Å². The minimum Gasteiger partial charge on any atom is -0.326 e. The molecule has 1 N–H and O–H groups in total. The minimum absolute atomic E-state index is 0.0914. The Hall–Kier alpha value is -1.95. The highest BCUT2D eigenvalue weighted by Crippen LogP contribution is 2.49. The average Bonchev–Trinajstić information content (AvgIpc) is 2.90. The first-order chi connectivity index (χ1) is 12.5. The normalized spacial score (nSPS) is 29.2. The van der Waals surface area contributed by atoms with E-state index in [1.807, 2.05) is 25.1 Å². The first-order valence-electron chi connectivity index (χ1n) is 9.05. The van der Waals surface area contributed by atoms with Crippen molar-refractivity contribution in [2.45, 2.75) is 26.2 Å². The number of benzene rings is 1. The molecular weight excluding hydrogens is 396 g/mol. The predicted octanol–water partition coefficient (Wildman–Crippen LogP) is 3.28. The third-order valence-electron chi connectivity index (χ3n) is 5.85. The number of carbonyl (C=O) groups is 3. The van der Waals surface area contributed by atoms with Crippen molar-refractivity contribution in [1.82, 2.24) is 4.90 Å². The molecule has 0 aromatic heterocycles. The third kappa shape index (κ3) is 2.90. The van der Waals surface area contributed by atoms with Crippen LogP contribution in [0.1, 0.15) is 24.8 Å². The van der Waals surface area contributed by atoms with Crippen LogP contribution in [0.2, 0.25) is 0 Å². The van der Waals surface area contributed by atoms with Gasteiger partial charge in [-0.3, -0.25) is 19.3 Å². The lowest BCUT2D eigenvalue weighted by molar-refractivity contribution is -0.140. The standard InChI is InChI=1S/C20H21BrN2O3/c1-11-10-14(6-7-15(11)21)22-16(24)8-9-23-19(25)17-12-2-3-13(5-4-12)18(17)20(23)26/h2-3,6-7,10,12-13,17-18H,4-5,8-9H2,1H3,(H,22,24). The molecule has 0 radical (unpaired) electrons. The molecule has 1 aromatic carbocycles. The van der Waals surface area contributed by atoms with Gasteiger partial charge in [0, 0.05) is 23.1 Å². The molecule has 2 bridgehead atoms. The quantitative estimate of drug-likeness (QED) is 0.604. The second-order valence-electron chi connectivity index (χ2n) is 7.43. The van der Waals surface area contributed by atoms with E-state index in [0.29, 0.717) is 5.69 Å². The fourth-order valence-electron chi connectivity index (χ4n) is 4.52. The summed E-state index contributed by atoms with van der Waals surface area (Å²) < 4.78 is 0.981. The van der Waals surface area contributed by atoms with Gasteiger partial charge in [0.05, 0.1) is 11.8 Å². The zero-order chi connectivity index (χ0) is 18.4. The Bertz CT molecular complexity index is 787. The average molecular weight is 417 g/mol.